The average Bonchev–Trinajstić information content (AvgIpc) is 2.88. The Morgan fingerprint density at radius 2 is 1.79 bits per heavy atom. The Morgan fingerprint density at radius 1 is 1.08 bits per heavy atom. The van der Waals surface area contributed by atoms with E-state index in [1.54, 1.807) is 23.5 Å². The van der Waals surface area contributed by atoms with Gasteiger partial charge in [-0.3, -0.25) is 4.72 Å². The highest BCUT2D eigenvalue weighted by molar-refractivity contribution is 7.92. The fourth-order valence-corrected chi connectivity index (χ4v) is 4.01. The fraction of sp³-hybridized carbons (Fsp3) is 0.118. The second kappa shape index (κ2) is 6.55. The Balaban J connectivity index is 1.93. The van der Waals surface area contributed by atoms with Crippen LogP contribution in [0.4, 0.5) is 5.69 Å². The van der Waals surface area contributed by atoms with Gasteiger partial charge in [0.1, 0.15) is 5.01 Å². The number of hydrogen-bond acceptors (Lipinski definition) is 4. The van der Waals surface area contributed by atoms with Crippen LogP contribution in [0.2, 0.25) is 5.02 Å². The smallest absolute Gasteiger partial charge is 0.229 e. The van der Waals surface area contributed by atoms with Crippen molar-refractivity contribution in [2.75, 3.05) is 11.0 Å². The molecule has 0 radical (unpaired) electrons. The fourth-order valence-electron chi connectivity index (χ4n) is 2.32. The van der Waals surface area contributed by atoms with Crippen LogP contribution in [-0.4, -0.2) is 19.7 Å². The highest BCUT2D eigenvalue weighted by atomic mass is 35.5. The maximum atomic E-state index is 11.3. The number of thiazole rings is 1. The molecule has 0 saturated heterocycles. The minimum atomic E-state index is -3.27. The first kappa shape index (κ1) is 17.0. The maximum Gasteiger partial charge on any atom is 0.229 e. The second-order valence-corrected chi connectivity index (χ2v) is 8.77. The zero-order valence-corrected chi connectivity index (χ0v) is 15.5. The Labute approximate surface area is 150 Å². The summed E-state index contributed by atoms with van der Waals surface area (Å²) >= 11 is 7.65. The van der Waals surface area contributed by atoms with Gasteiger partial charge < -0.3 is 0 Å². The van der Waals surface area contributed by atoms with E-state index in [-0.39, 0.29) is 0 Å². The van der Waals surface area contributed by atoms with Crippen LogP contribution in [0.25, 0.3) is 21.8 Å². The monoisotopic (exact) mass is 378 g/mol. The topological polar surface area (TPSA) is 59.1 Å². The molecule has 7 heteroatoms. The van der Waals surface area contributed by atoms with Gasteiger partial charge in [-0.25, -0.2) is 13.4 Å². The molecule has 0 atom stereocenters. The van der Waals surface area contributed by atoms with Crippen LogP contribution >= 0.6 is 22.9 Å². The van der Waals surface area contributed by atoms with E-state index in [0.717, 1.165) is 33.0 Å². The van der Waals surface area contributed by atoms with Gasteiger partial charge in [-0.1, -0.05) is 35.9 Å². The molecule has 1 N–H and O–H groups in total. The molecule has 3 rings (SSSR count). The van der Waals surface area contributed by atoms with Crippen molar-refractivity contribution in [3.05, 3.63) is 58.4 Å². The Hall–Kier alpha value is -1.89. The lowest BCUT2D eigenvalue weighted by atomic mass is 10.1. The molecule has 0 saturated carbocycles. The van der Waals surface area contributed by atoms with E-state index < -0.39 is 10.0 Å². The Bertz CT molecular complexity index is 980. The number of anilines is 1. The molecule has 0 fully saturated rings. The molecule has 0 aliphatic heterocycles. The van der Waals surface area contributed by atoms with Gasteiger partial charge in [0, 0.05) is 26.7 Å². The molecule has 124 valence electrons. The number of aryl methyl sites for hydroxylation is 1. The molecule has 0 amide bonds. The highest BCUT2D eigenvalue weighted by Gasteiger charge is 2.12. The number of hydrogen-bond donors (Lipinski definition) is 1. The van der Waals surface area contributed by atoms with Crippen molar-refractivity contribution in [3.8, 4) is 21.8 Å². The predicted molar refractivity (Wildman–Crippen MR) is 101 cm³/mol. The van der Waals surface area contributed by atoms with E-state index in [2.05, 4.69) is 4.72 Å². The largest absolute Gasteiger partial charge is 0.284 e. The first-order chi connectivity index (χ1) is 11.3. The lowest BCUT2D eigenvalue weighted by Gasteiger charge is -2.05. The third-order valence-corrected chi connectivity index (χ3v) is 5.19. The number of sulfonamides is 1. The molecule has 1 heterocycles. The minimum absolute atomic E-state index is 0.532. The van der Waals surface area contributed by atoms with Gasteiger partial charge >= 0.3 is 0 Å². The maximum absolute atomic E-state index is 11.3. The predicted octanol–water partition coefficient (Wildman–Crippen LogP) is 4.81. The highest BCUT2D eigenvalue weighted by Crippen LogP contribution is 2.34. The van der Waals surface area contributed by atoms with Gasteiger partial charge in [-0.2, -0.15) is 0 Å². The summed E-state index contributed by atoms with van der Waals surface area (Å²) in [5.41, 5.74) is 3.35. The Morgan fingerprint density at radius 3 is 2.42 bits per heavy atom. The summed E-state index contributed by atoms with van der Waals surface area (Å²) in [4.78, 5) is 5.81. The zero-order chi connectivity index (χ0) is 17.3. The van der Waals surface area contributed by atoms with E-state index in [9.17, 15) is 8.42 Å². The van der Waals surface area contributed by atoms with Crippen molar-refractivity contribution in [1.29, 1.82) is 0 Å². The molecular weight excluding hydrogens is 364 g/mol. The second-order valence-electron chi connectivity index (χ2n) is 5.39. The Kier molecular flexibility index (Phi) is 4.62. The summed E-state index contributed by atoms with van der Waals surface area (Å²) in [5.74, 6) is 0. The molecule has 0 spiro atoms. The van der Waals surface area contributed by atoms with Gasteiger partial charge in [0.25, 0.3) is 0 Å². The minimum Gasteiger partial charge on any atom is -0.284 e. The van der Waals surface area contributed by atoms with Crippen LogP contribution in [-0.2, 0) is 10.0 Å². The summed E-state index contributed by atoms with van der Waals surface area (Å²) in [6.07, 6.45) is 1.13. The molecule has 0 unspecified atom stereocenters. The standard InChI is InChI=1S/C17H15ClN2O2S2/c1-11-16(12-6-8-15(9-7-12)20-24(2,21)22)19-17(23-11)13-4-3-5-14(18)10-13/h3-10,20H,1-2H3. The van der Waals surface area contributed by atoms with Gasteiger partial charge in [0.2, 0.25) is 10.0 Å². The lowest BCUT2D eigenvalue weighted by molar-refractivity contribution is 0.607. The summed E-state index contributed by atoms with van der Waals surface area (Å²) in [5, 5.41) is 1.58. The molecule has 4 nitrogen and oxygen atoms in total. The van der Waals surface area contributed by atoms with Gasteiger partial charge in [-0.05, 0) is 31.2 Å². The van der Waals surface area contributed by atoms with E-state index >= 15 is 0 Å². The van der Waals surface area contributed by atoms with E-state index in [1.165, 1.54) is 0 Å². The van der Waals surface area contributed by atoms with Gasteiger partial charge in [0.05, 0.1) is 11.9 Å². The van der Waals surface area contributed by atoms with E-state index in [0.29, 0.717) is 10.7 Å². The van der Waals surface area contributed by atoms with Crippen molar-refractivity contribution in [3.63, 3.8) is 0 Å². The summed E-state index contributed by atoms with van der Waals surface area (Å²) in [7, 11) is -3.27. The lowest BCUT2D eigenvalue weighted by Crippen LogP contribution is -2.09. The van der Waals surface area contributed by atoms with E-state index in [1.807, 2.05) is 43.3 Å². The SMILES string of the molecule is Cc1sc(-c2cccc(Cl)c2)nc1-c1ccc(NS(C)(=O)=O)cc1. The number of halogens is 1. The van der Waals surface area contributed by atoms with Crippen LogP contribution in [0.5, 0.6) is 0 Å². The van der Waals surface area contributed by atoms with Crippen molar-refractivity contribution in [2.45, 2.75) is 6.92 Å². The number of benzene rings is 2. The van der Waals surface area contributed by atoms with Crippen LogP contribution in [0.15, 0.2) is 48.5 Å². The van der Waals surface area contributed by atoms with Crippen molar-refractivity contribution >= 4 is 38.6 Å². The number of aromatic nitrogens is 1. The van der Waals surface area contributed by atoms with Crippen LogP contribution in [0.3, 0.4) is 0 Å². The molecule has 0 aliphatic rings. The third kappa shape index (κ3) is 3.95. The van der Waals surface area contributed by atoms with E-state index in [4.69, 9.17) is 16.6 Å². The van der Waals surface area contributed by atoms with Crippen molar-refractivity contribution < 1.29 is 8.42 Å². The summed E-state index contributed by atoms with van der Waals surface area (Å²) in [6, 6.07) is 14.8. The number of nitrogens with one attached hydrogen (secondary N) is 1. The van der Waals surface area contributed by atoms with Gasteiger partial charge in [0.15, 0.2) is 0 Å². The number of nitrogens with zero attached hydrogens (tertiary/aromatic N) is 1. The molecular formula is C17H15ClN2O2S2. The summed E-state index contributed by atoms with van der Waals surface area (Å²) in [6.45, 7) is 2.02. The first-order valence-corrected chi connectivity index (χ1v) is 10.2. The molecule has 0 aliphatic carbocycles. The van der Waals surface area contributed by atoms with Crippen LogP contribution < -0.4 is 4.72 Å². The first-order valence-electron chi connectivity index (χ1n) is 7.13. The normalized spacial score (nSPS) is 11.5. The average molecular weight is 379 g/mol. The van der Waals surface area contributed by atoms with Crippen LogP contribution in [0.1, 0.15) is 4.88 Å². The third-order valence-electron chi connectivity index (χ3n) is 3.33. The molecule has 3 aromatic rings. The molecule has 1 aromatic heterocycles. The molecule has 0 bridgehead atoms. The van der Waals surface area contributed by atoms with Crippen molar-refractivity contribution in [2.24, 2.45) is 0 Å². The van der Waals surface area contributed by atoms with Crippen molar-refractivity contribution in [1.82, 2.24) is 4.98 Å². The molecule has 24 heavy (non-hydrogen) atoms. The zero-order valence-electron chi connectivity index (χ0n) is 13.1. The summed E-state index contributed by atoms with van der Waals surface area (Å²) < 4.78 is 25.0. The number of rotatable bonds is 4. The van der Waals surface area contributed by atoms with Gasteiger partial charge in [-0.15, -0.1) is 11.3 Å². The van der Waals surface area contributed by atoms with Crippen LogP contribution in [0, 0.1) is 6.92 Å². The molecule has 2 aromatic carbocycles. The quantitative estimate of drug-likeness (QED) is 0.708.